The van der Waals surface area contributed by atoms with Crippen LogP contribution in [0, 0.1) is 11.6 Å². The summed E-state index contributed by atoms with van der Waals surface area (Å²) in [6.07, 6.45) is 2.84. The first-order chi connectivity index (χ1) is 13.1. The monoisotopic (exact) mass is 368 g/mol. The largest absolute Gasteiger partial charge is 0.387 e. The van der Waals surface area contributed by atoms with Crippen molar-refractivity contribution >= 4 is 10.9 Å². The highest BCUT2D eigenvalue weighted by molar-refractivity contribution is 5.85. The molecule has 0 aliphatic carbocycles. The van der Waals surface area contributed by atoms with Gasteiger partial charge in [-0.3, -0.25) is 0 Å². The number of rotatable bonds is 4. The van der Waals surface area contributed by atoms with Gasteiger partial charge in [-0.2, -0.15) is 0 Å². The number of aromatic nitrogens is 1. The van der Waals surface area contributed by atoms with E-state index in [2.05, 4.69) is 9.88 Å². The Labute approximate surface area is 157 Å². The second-order valence-corrected chi connectivity index (χ2v) is 7.14. The maximum atomic E-state index is 13.8. The van der Waals surface area contributed by atoms with Crippen LogP contribution >= 0.6 is 0 Å². The summed E-state index contributed by atoms with van der Waals surface area (Å²) in [5.74, 6) is -0.696. The van der Waals surface area contributed by atoms with Crippen molar-refractivity contribution in [3.05, 3.63) is 65.7 Å². The first-order valence-electron chi connectivity index (χ1n) is 9.37. The number of hydrogen-bond acceptors (Lipinski definition) is 3. The minimum Gasteiger partial charge on any atom is -0.387 e. The molecule has 1 N–H and O–H groups in total. The molecule has 4 rings (SSSR count). The highest BCUT2D eigenvalue weighted by Crippen LogP contribution is 2.30. The molecule has 1 fully saturated rings. The lowest BCUT2D eigenvalue weighted by molar-refractivity contribution is 0.102. The lowest BCUT2D eigenvalue weighted by Crippen LogP contribution is -2.33. The first kappa shape index (κ1) is 18.0. The molecule has 0 bridgehead atoms. The summed E-state index contributed by atoms with van der Waals surface area (Å²) in [5, 5.41) is 11.7. The number of nitrogens with zero attached hydrogens (tertiary/aromatic N) is 2. The molecular formula is C22H22F2N2O. The van der Waals surface area contributed by atoms with Crippen molar-refractivity contribution in [2.75, 3.05) is 19.6 Å². The van der Waals surface area contributed by atoms with Crippen molar-refractivity contribution in [3.8, 4) is 11.3 Å². The van der Waals surface area contributed by atoms with E-state index in [0.717, 1.165) is 42.4 Å². The van der Waals surface area contributed by atoms with Crippen LogP contribution in [-0.2, 0) is 0 Å². The van der Waals surface area contributed by atoms with E-state index in [9.17, 15) is 13.9 Å². The van der Waals surface area contributed by atoms with Crippen LogP contribution in [0.2, 0.25) is 0 Å². The Hall–Kier alpha value is -2.37. The summed E-state index contributed by atoms with van der Waals surface area (Å²) >= 11 is 0. The third-order valence-electron chi connectivity index (χ3n) is 5.18. The molecule has 1 aromatic heterocycles. The second kappa shape index (κ2) is 7.71. The molecule has 1 atom stereocenters. The van der Waals surface area contributed by atoms with Crippen LogP contribution in [0.3, 0.4) is 0 Å². The molecule has 0 saturated carbocycles. The van der Waals surface area contributed by atoms with E-state index >= 15 is 0 Å². The van der Waals surface area contributed by atoms with Crippen LogP contribution in [0.25, 0.3) is 22.2 Å². The highest BCUT2D eigenvalue weighted by atomic mass is 19.1. The van der Waals surface area contributed by atoms with E-state index in [-0.39, 0.29) is 11.6 Å². The lowest BCUT2D eigenvalue weighted by Gasteiger charge is -2.29. The smallest absolute Gasteiger partial charge is 0.125 e. The van der Waals surface area contributed by atoms with E-state index in [1.165, 1.54) is 30.7 Å². The van der Waals surface area contributed by atoms with E-state index in [4.69, 9.17) is 0 Å². The molecule has 3 nitrogen and oxygen atoms in total. The number of halogens is 2. The Bertz CT molecular complexity index is 937. The van der Waals surface area contributed by atoms with Crippen LogP contribution in [0.5, 0.6) is 0 Å². The molecule has 1 saturated heterocycles. The molecule has 1 aliphatic heterocycles. The zero-order chi connectivity index (χ0) is 18.8. The maximum absolute atomic E-state index is 13.8. The molecule has 3 aromatic rings. The number of aliphatic hydroxyl groups is 1. The van der Waals surface area contributed by atoms with Gasteiger partial charge in [0.2, 0.25) is 0 Å². The van der Waals surface area contributed by atoms with Crippen LogP contribution in [0.4, 0.5) is 8.78 Å². The highest BCUT2D eigenvalue weighted by Gasteiger charge is 2.19. The average Bonchev–Trinajstić information content (AvgIpc) is 2.68. The van der Waals surface area contributed by atoms with E-state index in [0.29, 0.717) is 17.8 Å². The van der Waals surface area contributed by atoms with Gasteiger partial charge in [-0.1, -0.05) is 6.42 Å². The summed E-state index contributed by atoms with van der Waals surface area (Å²) in [6, 6.07) is 12.3. The lowest BCUT2D eigenvalue weighted by atomic mass is 9.99. The van der Waals surface area contributed by atoms with Crippen molar-refractivity contribution in [1.82, 2.24) is 9.88 Å². The van der Waals surface area contributed by atoms with Crippen LogP contribution in [0.15, 0.2) is 48.5 Å². The van der Waals surface area contributed by atoms with Crippen molar-refractivity contribution in [2.45, 2.75) is 25.4 Å². The maximum Gasteiger partial charge on any atom is 0.125 e. The van der Waals surface area contributed by atoms with Crippen molar-refractivity contribution < 1.29 is 13.9 Å². The number of piperidine rings is 1. The Morgan fingerprint density at radius 1 is 0.926 bits per heavy atom. The Kier molecular flexibility index (Phi) is 5.14. The Balaban J connectivity index is 1.75. The van der Waals surface area contributed by atoms with Gasteiger partial charge in [0.25, 0.3) is 0 Å². The van der Waals surface area contributed by atoms with Gasteiger partial charge in [-0.25, -0.2) is 13.8 Å². The van der Waals surface area contributed by atoms with Gasteiger partial charge in [0.1, 0.15) is 11.6 Å². The minimum absolute atomic E-state index is 0.323. The summed E-state index contributed by atoms with van der Waals surface area (Å²) in [6.45, 7) is 2.51. The van der Waals surface area contributed by atoms with E-state index < -0.39 is 6.10 Å². The number of fused-ring (bicyclic) bond motifs is 1. The molecule has 5 heteroatoms. The zero-order valence-corrected chi connectivity index (χ0v) is 15.0. The standard InChI is InChI=1S/C22H22F2N2O/c23-16-6-4-15(5-7-16)20-13-19(18-9-8-17(24)12-21(18)25-20)22(27)14-26-10-2-1-3-11-26/h4-9,12-13,22,27H,1-3,10-11,14H2. The van der Waals surface area contributed by atoms with Crippen LogP contribution in [0.1, 0.15) is 30.9 Å². The number of likely N-dealkylation sites (tertiary alicyclic amines) is 1. The summed E-state index contributed by atoms with van der Waals surface area (Å²) in [7, 11) is 0. The topological polar surface area (TPSA) is 36.4 Å². The quantitative estimate of drug-likeness (QED) is 0.725. The Morgan fingerprint density at radius 3 is 2.37 bits per heavy atom. The zero-order valence-electron chi connectivity index (χ0n) is 15.0. The number of β-amino-alcohol motifs (C(OH)–C–C–N with tert-alkyl or cyclic N) is 1. The first-order valence-corrected chi connectivity index (χ1v) is 9.37. The predicted octanol–water partition coefficient (Wildman–Crippen LogP) is 4.70. The molecule has 1 aliphatic rings. The fraction of sp³-hybridized carbons (Fsp3) is 0.318. The van der Waals surface area contributed by atoms with Crippen molar-refractivity contribution in [1.29, 1.82) is 0 Å². The molecule has 1 unspecified atom stereocenters. The van der Waals surface area contributed by atoms with Crippen LogP contribution in [-0.4, -0.2) is 34.6 Å². The second-order valence-electron chi connectivity index (χ2n) is 7.14. The normalized spacial score (nSPS) is 16.6. The van der Waals surface area contributed by atoms with Gasteiger partial charge in [0.05, 0.1) is 17.3 Å². The van der Waals surface area contributed by atoms with E-state index in [1.54, 1.807) is 18.2 Å². The summed E-state index contributed by atoms with van der Waals surface area (Å²) in [4.78, 5) is 6.80. The van der Waals surface area contributed by atoms with Gasteiger partial charge in [0, 0.05) is 23.6 Å². The van der Waals surface area contributed by atoms with Gasteiger partial charge in [0.15, 0.2) is 0 Å². The number of benzene rings is 2. The fourth-order valence-electron chi connectivity index (χ4n) is 3.76. The molecule has 2 aromatic carbocycles. The van der Waals surface area contributed by atoms with Gasteiger partial charge < -0.3 is 10.0 Å². The van der Waals surface area contributed by atoms with Crippen LogP contribution < -0.4 is 0 Å². The molecule has 0 spiro atoms. The third kappa shape index (κ3) is 3.99. The predicted molar refractivity (Wildman–Crippen MR) is 102 cm³/mol. The molecule has 27 heavy (non-hydrogen) atoms. The molecule has 2 heterocycles. The number of aliphatic hydroxyl groups excluding tert-OH is 1. The Morgan fingerprint density at radius 2 is 1.63 bits per heavy atom. The van der Waals surface area contributed by atoms with Crippen molar-refractivity contribution in [3.63, 3.8) is 0 Å². The number of pyridine rings is 1. The van der Waals surface area contributed by atoms with Crippen molar-refractivity contribution in [2.24, 2.45) is 0 Å². The average molecular weight is 368 g/mol. The van der Waals surface area contributed by atoms with Gasteiger partial charge in [-0.05, 0) is 74.0 Å². The molecule has 0 amide bonds. The summed E-state index contributed by atoms with van der Waals surface area (Å²) in [5.41, 5.74) is 2.55. The SMILES string of the molecule is OC(CN1CCCCC1)c1cc(-c2ccc(F)cc2)nc2cc(F)ccc12. The molecule has 0 radical (unpaired) electrons. The van der Waals surface area contributed by atoms with Gasteiger partial charge >= 0.3 is 0 Å². The van der Waals surface area contributed by atoms with E-state index in [1.807, 2.05) is 6.07 Å². The fourth-order valence-corrected chi connectivity index (χ4v) is 3.76. The molecular weight excluding hydrogens is 346 g/mol. The molecule has 140 valence electrons. The summed E-state index contributed by atoms with van der Waals surface area (Å²) < 4.78 is 27.0. The minimum atomic E-state index is -0.696. The third-order valence-corrected chi connectivity index (χ3v) is 5.18. The van der Waals surface area contributed by atoms with Gasteiger partial charge in [-0.15, -0.1) is 0 Å². The number of hydrogen-bond donors (Lipinski definition) is 1.